The minimum absolute atomic E-state index is 0.185. The van der Waals surface area contributed by atoms with Crippen LogP contribution >= 0.6 is 0 Å². The normalized spacial score (nSPS) is 17.1. The van der Waals surface area contributed by atoms with E-state index in [1.165, 1.54) is 0 Å². The molecule has 0 unspecified atom stereocenters. The van der Waals surface area contributed by atoms with Crippen molar-refractivity contribution in [3.8, 4) is 0 Å². The molecule has 1 saturated heterocycles. The second kappa shape index (κ2) is 6.59. The number of nitrogens with zero attached hydrogens (tertiary/aromatic N) is 5. The Kier molecular flexibility index (Phi) is 4.02. The number of carbonyl (C=O) groups excluding carboxylic acids is 2. The fraction of sp³-hybridized carbons (Fsp3) is 0.286. The Morgan fingerprint density at radius 1 is 1.24 bits per heavy atom. The van der Waals surface area contributed by atoms with Crippen molar-refractivity contribution in [3.05, 3.63) is 71.1 Å². The van der Waals surface area contributed by atoms with Crippen LogP contribution in [-0.4, -0.2) is 45.2 Å². The van der Waals surface area contributed by atoms with E-state index in [1.807, 2.05) is 29.8 Å². The number of pyridine rings is 1. The van der Waals surface area contributed by atoms with Crippen LogP contribution in [0.25, 0.3) is 0 Å². The lowest BCUT2D eigenvalue weighted by Gasteiger charge is -2.42. The number of aryl methyl sites for hydroxylation is 1. The molecule has 1 amide bonds. The maximum absolute atomic E-state index is 12.9. The Morgan fingerprint density at radius 3 is 2.79 bits per heavy atom. The smallest absolute Gasteiger partial charge is 0.277 e. The number of rotatable bonds is 5. The molecular weight excluding hydrogens is 370 g/mol. The van der Waals surface area contributed by atoms with E-state index in [2.05, 4.69) is 21.2 Å². The average molecular weight is 389 g/mol. The molecule has 2 aromatic heterocycles. The van der Waals surface area contributed by atoms with Crippen molar-refractivity contribution in [2.24, 2.45) is 7.05 Å². The van der Waals surface area contributed by atoms with Gasteiger partial charge >= 0.3 is 0 Å². The summed E-state index contributed by atoms with van der Waals surface area (Å²) < 4.78 is 7.48. The number of aromatic nitrogens is 4. The number of hydrogen-bond acceptors (Lipinski definition) is 6. The number of anilines is 1. The van der Waals surface area contributed by atoms with Gasteiger partial charge in [-0.15, -0.1) is 10.2 Å². The minimum atomic E-state index is -0.187. The van der Waals surface area contributed by atoms with Crippen LogP contribution in [0.3, 0.4) is 0 Å². The van der Waals surface area contributed by atoms with Crippen molar-refractivity contribution in [1.82, 2.24) is 19.7 Å². The van der Waals surface area contributed by atoms with Gasteiger partial charge in [-0.3, -0.25) is 9.59 Å². The molecule has 146 valence electrons. The monoisotopic (exact) mass is 389 g/mol. The summed E-state index contributed by atoms with van der Waals surface area (Å²) in [5.74, 6) is 0.710. The van der Waals surface area contributed by atoms with E-state index in [0.717, 1.165) is 22.6 Å². The summed E-state index contributed by atoms with van der Waals surface area (Å²) in [4.78, 5) is 29.8. The predicted molar refractivity (Wildman–Crippen MR) is 104 cm³/mol. The second-order valence-electron chi connectivity index (χ2n) is 7.61. The predicted octanol–water partition coefficient (Wildman–Crippen LogP) is 1.69. The van der Waals surface area contributed by atoms with Gasteiger partial charge in [-0.1, -0.05) is 18.2 Å². The maximum atomic E-state index is 12.9. The molecule has 2 aliphatic rings. The van der Waals surface area contributed by atoms with Crippen LogP contribution in [0, 0.1) is 0 Å². The molecule has 4 heterocycles. The van der Waals surface area contributed by atoms with Gasteiger partial charge < -0.3 is 14.2 Å². The van der Waals surface area contributed by atoms with Crippen LogP contribution in [0.5, 0.6) is 0 Å². The van der Waals surface area contributed by atoms with Crippen LogP contribution < -0.4 is 4.90 Å². The van der Waals surface area contributed by atoms with Crippen molar-refractivity contribution in [2.45, 2.75) is 18.4 Å². The molecule has 1 aromatic carbocycles. The highest BCUT2D eigenvalue weighted by atomic mass is 16.5. The number of hydrogen-bond donors (Lipinski definition) is 0. The first-order chi connectivity index (χ1) is 14.1. The van der Waals surface area contributed by atoms with Gasteiger partial charge in [0.25, 0.3) is 5.91 Å². The van der Waals surface area contributed by atoms with Gasteiger partial charge in [-0.05, 0) is 23.8 Å². The van der Waals surface area contributed by atoms with Crippen molar-refractivity contribution in [3.63, 3.8) is 0 Å². The third-order valence-corrected chi connectivity index (χ3v) is 5.73. The molecule has 0 atom stereocenters. The summed E-state index contributed by atoms with van der Waals surface area (Å²) in [5, 5.41) is 8.19. The standard InChI is InChI=1S/C21H19N5O3/c1-25-13-22-24-18(25)8-21(11-29-12-21)15-3-2-4-17(7-15)26-9-14-5-6-16(10-27)23-19(14)20(26)28/h2-7,10,13H,8-9,11-12H2,1H3. The third-order valence-electron chi connectivity index (χ3n) is 5.73. The molecule has 0 radical (unpaired) electrons. The van der Waals surface area contributed by atoms with E-state index in [9.17, 15) is 9.59 Å². The Balaban J connectivity index is 1.46. The Morgan fingerprint density at radius 2 is 2.10 bits per heavy atom. The molecule has 5 rings (SSSR count). The summed E-state index contributed by atoms with van der Waals surface area (Å²) in [6, 6.07) is 11.4. The van der Waals surface area contributed by atoms with E-state index in [0.29, 0.717) is 38.2 Å². The lowest BCUT2D eigenvalue weighted by Crippen LogP contribution is -2.49. The maximum Gasteiger partial charge on any atom is 0.277 e. The lowest BCUT2D eigenvalue weighted by atomic mass is 9.75. The molecule has 0 N–H and O–H groups in total. The van der Waals surface area contributed by atoms with Gasteiger partial charge in [0.1, 0.15) is 23.5 Å². The molecule has 0 bridgehead atoms. The minimum Gasteiger partial charge on any atom is -0.379 e. The average Bonchev–Trinajstić information content (AvgIpc) is 3.27. The first-order valence-corrected chi connectivity index (χ1v) is 9.38. The third kappa shape index (κ3) is 2.84. The fourth-order valence-corrected chi connectivity index (χ4v) is 3.95. The number of ether oxygens (including phenoxy) is 1. The molecule has 3 aromatic rings. The van der Waals surface area contributed by atoms with Gasteiger partial charge in [-0.2, -0.15) is 0 Å². The van der Waals surface area contributed by atoms with E-state index < -0.39 is 0 Å². The first-order valence-electron chi connectivity index (χ1n) is 9.38. The molecule has 0 spiro atoms. The van der Waals surface area contributed by atoms with E-state index in [1.54, 1.807) is 23.4 Å². The van der Waals surface area contributed by atoms with Crippen LogP contribution in [0.1, 0.15) is 37.9 Å². The van der Waals surface area contributed by atoms with Gasteiger partial charge in [0, 0.05) is 30.1 Å². The topological polar surface area (TPSA) is 90.2 Å². The van der Waals surface area contributed by atoms with Crippen LogP contribution in [0.4, 0.5) is 5.69 Å². The van der Waals surface area contributed by atoms with Crippen LogP contribution in [0.15, 0.2) is 42.7 Å². The Bertz CT molecular complexity index is 1120. The largest absolute Gasteiger partial charge is 0.379 e. The van der Waals surface area contributed by atoms with Crippen molar-refractivity contribution in [2.75, 3.05) is 18.1 Å². The molecule has 8 nitrogen and oxygen atoms in total. The lowest BCUT2D eigenvalue weighted by molar-refractivity contribution is -0.0611. The summed E-state index contributed by atoms with van der Waals surface area (Å²) in [6.45, 7) is 1.64. The molecule has 29 heavy (non-hydrogen) atoms. The van der Waals surface area contributed by atoms with Gasteiger partial charge in [0.2, 0.25) is 0 Å². The fourth-order valence-electron chi connectivity index (χ4n) is 3.95. The van der Waals surface area contributed by atoms with Gasteiger partial charge in [0.05, 0.1) is 19.8 Å². The van der Waals surface area contributed by atoms with Gasteiger partial charge in [0.15, 0.2) is 6.29 Å². The zero-order valence-corrected chi connectivity index (χ0v) is 15.9. The zero-order chi connectivity index (χ0) is 20.0. The van der Waals surface area contributed by atoms with Crippen LogP contribution in [0.2, 0.25) is 0 Å². The molecular formula is C21H19N5O3. The highest BCUT2D eigenvalue weighted by Crippen LogP contribution is 2.38. The SMILES string of the molecule is Cn1cnnc1CC1(c2cccc(N3Cc4ccc(C=O)nc4C3=O)c2)COC1. The van der Waals surface area contributed by atoms with Crippen molar-refractivity contribution in [1.29, 1.82) is 0 Å². The second-order valence-corrected chi connectivity index (χ2v) is 7.61. The first kappa shape index (κ1) is 17.7. The molecule has 1 fully saturated rings. The Labute approximate surface area is 167 Å². The molecule has 8 heteroatoms. The number of amides is 1. The van der Waals surface area contributed by atoms with Gasteiger partial charge in [-0.25, -0.2) is 4.98 Å². The molecule has 0 aliphatic carbocycles. The van der Waals surface area contributed by atoms with E-state index >= 15 is 0 Å². The highest BCUT2D eigenvalue weighted by Gasteiger charge is 2.42. The van der Waals surface area contributed by atoms with E-state index in [4.69, 9.17) is 4.74 Å². The number of fused-ring (bicyclic) bond motifs is 1. The molecule has 0 saturated carbocycles. The summed E-state index contributed by atoms with van der Waals surface area (Å²) >= 11 is 0. The van der Waals surface area contributed by atoms with E-state index in [-0.39, 0.29) is 17.0 Å². The number of benzene rings is 1. The zero-order valence-electron chi connectivity index (χ0n) is 15.9. The highest BCUT2D eigenvalue weighted by molar-refractivity contribution is 6.09. The Hall–Kier alpha value is -3.39. The van der Waals surface area contributed by atoms with Crippen LogP contribution in [-0.2, 0) is 30.2 Å². The molecule has 2 aliphatic heterocycles. The number of carbonyl (C=O) groups is 2. The number of aldehydes is 1. The summed E-state index contributed by atoms with van der Waals surface area (Å²) in [6.07, 6.45) is 3.06. The quantitative estimate of drug-likeness (QED) is 0.617. The van der Waals surface area contributed by atoms with Crippen molar-refractivity contribution >= 4 is 17.9 Å². The summed E-state index contributed by atoms with van der Waals surface area (Å²) in [5.41, 5.74) is 3.17. The summed E-state index contributed by atoms with van der Waals surface area (Å²) in [7, 11) is 1.93. The van der Waals surface area contributed by atoms with Crippen molar-refractivity contribution < 1.29 is 14.3 Å².